The lowest BCUT2D eigenvalue weighted by Crippen LogP contribution is -2.06. The summed E-state index contributed by atoms with van der Waals surface area (Å²) < 4.78 is 28.3. The predicted molar refractivity (Wildman–Crippen MR) is 76.7 cm³/mol. The van der Waals surface area contributed by atoms with Crippen LogP contribution in [-0.4, -0.2) is 25.3 Å². The Hall–Kier alpha value is -2.76. The van der Waals surface area contributed by atoms with Crippen LogP contribution in [0.25, 0.3) is 0 Å². The predicted octanol–water partition coefficient (Wildman–Crippen LogP) is 2.91. The quantitative estimate of drug-likeness (QED) is 0.860. The number of carbonyl (C=O) groups excluding carboxylic acids is 1. The Balaban J connectivity index is 2.05. The van der Waals surface area contributed by atoms with Gasteiger partial charge in [0.1, 0.15) is 23.7 Å². The van der Waals surface area contributed by atoms with E-state index in [9.17, 15) is 14.3 Å². The highest BCUT2D eigenvalue weighted by Gasteiger charge is 2.14. The van der Waals surface area contributed by atoms with Crippen molar-refractivity contribution in [1.29, 1.82) is 0 Å². The molecule has 0 bridgehead atoms. The lowest BCUT2D eigenvalue weighted by atomic mass is 10.2. The van der Waals surface area contributed by atoms with E-state index in [0.717, 1.165) is 0 Å². The summed E-state index contributed by atoms with van der Waals surface area (Å²) in [5.74, 6) is -0.959. The SMILES string of the molecule is COc1ccc(C(=O)OCc2ccc(OC)c(F)c2)c(O)c1. The Morgan fingerprint density at radius 3 is 2.50 bits per heavy atom. The Labute approximate surface area is 126 Å². The third-order valence-corrected chi connectivity index (χ3v) is 3.01. The summed E-state index contributed by atoms with van der Waals surface area (Å²) in [4.78, 5) is 11.9. The molecule has 22 heavy (non-hydrogen) atoms. The van der Waals surface area contributed by atoms with E-state index in [1.807, 2.05) is 0 Å². The molecule has 6 heteroatoms. The van der Waals surface area contributed by atoms with Crippen molar-refractivity contribution in [3.05, 3.63) is 53.3 Å². The van der Waals surface area contributed by atoms with Crippen molar-refractivity contribution in [3.63, 3.8) is 0 Å². The van der Waals surface area contributed by atoms with Gasteiger partial charge in [-0.3, -0.25) is 0 Å². The molecule has 0 aliphatic carbocycles. The molecule has 2 rings (SSSR count). The van der Waals surface area contributed by atoms with Gasteiger partial charge in [0.05, 0.1) is 14.2 Å². The van der Waals surface area contributed by atoms with E-state index in [1.54, 1.807) is 6.07 Å². The van der Waals surface area contributed by atoms with Crippen molar-refractivity contribution in [2.24, 2.45) is 0 Å². The smallest absolute Gasteiger partial charge is 0.342 e. The number of methoxy groups -OCH3 is 2. The summed E-state index contributed by atoms with van der Waals surface area (Å²) >= 11 is 0. The van der Waals surface area contributed by atoms with E-state index in [0.29, 0.717) is 11.3 Å². The van der Waals surface area contributed by atoms with Gasteiger partial charge in [-0.05, 0) is 29.8 Å². The third kappa shape index (κ3) is 3.46. The van der Waals surface area contributed by atoms with Crippen LogP contribution < -0.4 is 9.47 Å². The van der Waals surface area contributed by atoms with Crippen LogP contribution in [-0.2, 0) is 11.3 Å². The highest BCUT2D eigenvalue weighted by molar-refractivity contribution is 5.92. The molecule has 0 amide bonds. The maximum absolute atomic E-state index is 13.5. The number of rotatable bonds is 5. The first-order valence-corrected chi connectivity index (χ1v) is 6.41. The van der Waals surface area contributed by atoms with Gasteiger partial charge in [-0.2, -0.15) is 0 Å². The molecule has 0 unspecified atom stereocenters. The van der Waals surface area contributed by atoms with E-state index in [-0.39, 0.29) is 23.7 Å². The molecule has 2 aromatic carbocycles. The molecular formula is C16H15FO5. The topological polar surface area (TPSA) is 65.0 Å². The number of carbonyl (C=O) groups is 1. The Bertz CT molecular complexity index is 684. The number of hydrogen-bond donors (Lipinski definition) is 1. The highest BCUT2D eigenvalue weighted by atomic mass is 19.1. The summed E-state index contributed by atoms with van der Waals surface area (Å²) in [6, 6.07) is 8.49. The minimum atomic E-state index is -0.712. The second-order valence-electron chi connectivity index (χ2n) is 4.43. The summed E-state index contributed by atoms with van der Waals surface area (Å²) in [5.41, 5.74) is 0.481. The summed E-state index contributed by atoms with van der Waals surface area (Å²) in [7, 11) is 2.82. The Morgan fingerprint density at radius 2 is 1.91 bits per heavy atom. The van der Waals surface area contributed by atoms with Crippen LogP contribution >= 0.6 is 0 Å². The molecule has 0 aliphatic heterocycles. The first kappa shape index (κ1) is 15.6. The van der Waals surface area contributed by atoms with Gasteiger partial charge in [-0.25, -0.2) is 9.18 Å². The van der Waals surface area contributed by atoms with E-state index in [2.05, 4.69) is 0 Å². The van der Waals surface area contributed by atoms with Crippen molar-refractivity contribution in [3.8, 4) is 17.2 Å². The highest BCUT2D eigenvalue weighted by Crippen LogP contribution is 2.24. The van der Waals surface area contributed by atoms with E-state index in [1.165, 1.54) is 44.6 Å². The maximum atomic E-state index is 13.5. The zero-order valence-corrected chi connectivity index (χ0v) is 12.1. The van der Waals surface area contributed by atoms with Crippen LogP contribution in [0.1, 0.15) is 15.9 Å². The lowest BCUT2D eigenvalue weighted by Gasteiger charge is -2.09. The molecule has 116 valence electrons. The molecule has 0 radical (unpaired) electrons. The van der Waals surface area contributed by atoms with Gasteiger partial charge in [-0.1, -0.05) is 6.07 Å². The minimum Gasteiger partial charge on any atom is -0.507 e. The van der Waals surface area contributed by atoms with Crippen LogP contribution in [0.3, 0.4) is 0 Å². The molecule has 5 nitrogen and oxygen atoms in total. The molecule has 0 fully saturated rings. The molecule has 0 heterocycles. The zero-order chi connectivity index (χ0) is 16.1. The van der Waals surface area contributed by atoms with E-state index in [4.69, 9.17) is 14.2 Å². The molecule has 0 atom stereocenters. The van der Waals surface area contributed by atoms with Crippen LogP contribution in [0.15, 0.2) is 36.4 Å². The second-order valence-corrected chi connectivity index (χ2v) is 4.43. The average Bonchev–Trinajstić information content (AvgIpc) is 2.52. The fourth-order valence-corrected chi connectivity index (χ4v) is 1.84. The van der Waals surface area contributed by atoms with Crippen LogP contribution in [0, 0.1) is 5.82 Å². The molecule has 0 saturated heterocycles. The molecule has 0 aliphatic rings. The van der Waals surface area contributed by atoms with Gasteiger partial charge in [0.2, 0.25) is 0 Å². The summed E-state index contributed by atoms with van der Waals surface area (Å²) in [6.45, 7) is -0.120. The Morgan fingerprint density at radius 1 is 1.14 bits per heavy atom. The monoisotopic (exact) mass is 306 g/mol. The minimum absolute atomic E-state index is 0.00906. The number of hydrogen-bond acceptors (Lipinski definition) is 5. The third-order valence-electron chi connectivity index (χ3n) is 3.01. The van der Waals surface area contributed by atoms with Crippen molar-refractivity contribution < 1.29 is 28.5 Å². The van der Waals surface area contributed by atoms with Gasteiger partial charge in [0, 0.05) is 6.07 Å². The summed E-state index contributed by atoms with van der Waals surface area (Å²) in [6.07, 6.45) is 0. The van der Waals surface area contributed by atoms with Crippen LogP contribution in [0.2, 0.25) is 0 Å². The number of phenols is 1. The molecule has 0 spiro atoms. The number of ether oxygens (including phenoxy) is 3. The maximum Gasteiger partial charge on any atom is 0.342 e. The molecule has 2 aromatic rings. The number of halogens is 1. The van der Waals surface area contributed by atoms with E-state index >= 15 is 0 Å². The van der Waals surface area contributed by atoms with Gasteiger partial charge >= 0.3 is 5.97 Å². The van der Waals surface area contributed by atoms with Crippen molar-refractivity contribution >= 4 is 5.97 Å². The van der Waals surface area contributed by atoms with Crippen molar-refractivity contribution in [2.45, 2.75) is 6.61 Å². The first-order chi connectivity index (χ1) is 10.5. The first-order valence-electron chi connectivity index (χ1n) is 6.41. The van der Waals surface area contributed by atoms with Gasteiger partial charge in [0.15, 0.2) is 11.6 Å². The zero-order valence-electron chi connectivity index (χ0n) is 12.1. The lowest BCUT2D eigenvalue weighted by molar-refractivity contribution is 0.0469. The molecule has 1 N–H and O–H groups in total. The van der Waals surface area contributed by atoms with Crippen molar-refractivity contribution in [2.75, 3.05) is 14.2 Å². The molecular weight excluding hydrogens is 291 g/mol. The standard InChI is InChI=1S/C16H15FO5/c1-20-11-4-5-12(14(18)8-11)16(19)22-9-10-3-6-15(21-2)13(17)7-10/h3-8,18H,9H2,1-2H3. The Kier molecular flexibility index (Phi) is 4.83. The van der Waals surface area contributed by atoms with Gasteiger partial charge < -0.3 is 19.3 Å². The molecule has 0 aromatic heterocycles. The van der Waals surface area contributed by atoms with E-state index < -0.39 is 11.8 Å². The number of esters is 1. The van der Waals surface area contributed by atoms with Crippen LogP contribution in [0.5, 0.6) is 17.2 Å². The fraction of sp³-hybridized carbons (Fsp3) is 0.188. The van der Waals surface area contributed by atoms with Gasteiger partial charge in [0.25, 0.3) is 0 Å². The molecule has 0 saturated carbocycles. The second kappa shape index (κ2) is 6.80. The number of phenolic OH excluding ortho intramolecular Hbond substituents is 1. The summed E-state index contributed by atoms with van der Waals surface area (Å²) in [5, 5.41) is 9.75. The van der Waals surface area contributed by atoms with Gasteiger partial charge in [-0.15, -0.1) is 0 Å². The fourth-order valence-electron chi connectivity index (χ4n) is 1.84. The normalized spacial score (nSPS) is 10.1. The largest absolute Gasteiger partial charge is 0.507 e. The van der Waals surface area contributed by atoms with Crippen molar-refractivity contribution in [1.82, 2.24) is 0 Å². The number of aromatic hydroxyl groups is 1. The average molecular weight is 306 g/mol. The number of benzene rings is 2. The van der Waals surface area contributed by atoms with Crippen LogP contribution in [0.4, 0.5) is 4.39 Å².